The number of anilines is 2. The van der Waals surface area contributed by atoms with Crippen LogP contribution in [0.4, 0.5) is 11.8 Å². The molecule has 0 amide bonds. The maximum Gasteiger partial charge on any atom is 0.225 e. The van der Waals surface area contributed by atoms with Crippen molar-refractivity contribution < 1.29 is 4.42 Å². The smallest absolute Gasteiger partial charge is 0.225 e. The summed E-state index contributed by atoms with van der Waals surface area (Å²) in [7, 11) is 4.02. The van der Waals surface area contributed by atoms with Crippen LogP contribution in [0.2, 0.25) is 5.02 Å². The predicted octanol–water partition coefficient (Wildman–Crippen LogP) is 5.52. The molecule has 0 saturated heterocycles. The Morgan fingerprint density at radius 3 is 2.64 bits per heavy atom. The molecule has 0 atom stereocenters. The topological polar surface area (TPSA) is 83.3 Å². The number of benzene rings is 2. The van der Waals surface area contributed by atoms with E-state index in [0.29, 0.717) is 46.0 Å². The summed E-state index contributed by atoms with van der Waals surface area (Å²) in [6, 6.07) is 12.0. The van der Waals surface area contributed by atoms with Crippen LogP contribution in [-0.2, 0) is 6.54 Å². The minimum Gasteiger partial charge on any atom is -0.464 e. The van der Waals surface area contributed by atoms with Gasteiger partial charge in [-0.2, -0.15) is 4.98 Å². The molecule has 0 spiro atoms. The summed E-state index contributed by atoms with van der Waals surface area (Å²) in [4.78, 5) is 24.4. The Labute approximate surface area is 215 Å². The van der Waals surface area contributed by atoms with E-state index in [1.807, 2.05) is 50.2 Å². The van der Waals surface area contributed by atoms with Gasteiger partial charge in [-0.15, -0.1) is 0 Å². The second kappa shape index (κ2) is 10.4. The summed E-state index contributed by atoms with van der Waals surface area (Å²) in [5.74, 6) is 2.19. The molecule has 188 valence electrons. The van der Waals surface area contributed by atoms with Gasteiger partial charge in [0.05, 0.1) is 17.2 Å². The molecule has 1 aliphatic rings. The molecule has 0 bridgehead atoms. The third kappa shape index (κ3) is 5.18. The molecule has 2 aromatic heterocycles. The minimum atomic E-state index is -0.0222. The van der Waals surface area contributed by atoms with Crippen LogP contribution >= 0.6 is 11.6 Å². The first-order valence-corrected chi connectivity index (χ1v) is 12.9. The van der Waals surface area contributed by atoms with Crippen LogP contribution in [0.25, 0.3) is 21.9 Å². The van der Waals surface area contributed by atoms with E-state index in [9.17, 15) is 4.79 Å². The Bertz CT molecular complexity index is 1440. The van der Waals surface area contributed by atoms with Gasteiger partial charge in [-0.3, -0.25) is 4.79 Å². The first-order chi connectivity index (χ1) is 17.4. The number of nitrogens with one attached hydrogen (secondary N) is 2. The molecule has 1 saturated carbocycles. The van der Waals surface area contributed by atoms with Gasteiger partial charge in [-0.1, -0.05) is 23.7 Å². The van der Waals surface area contributed by atoms with Crippen molar-refractivity contribution in [3.63, 3.8) is 0 Å². The number of halogens is 1. The molecule has 4 aromatic rings. The molecule has 0 radical (unpaired) electrons. The molecule has 1 aliphatic carbocycles. The van der Waals surface area contributed by atoms with E-state index in [1.54, 1.807) is 12.3 Å². The minimum absolute atomic E-state index is 0.0222. The van der Waals surface area contributed by atoms with Crippen molar-refractivity contribution in [3.8, 4) is 0 Å². The van der Waals surface area contributed by atoms with Crippen LogP contribution in [0.3, 0.4) is 0 Å². The van der Waals surface area contributed by atoms with E-state index in [0.717, 1.165) is 54.5 Å². The molecule has 36 heavy (non-hydrogen) atoms. The molecule has 2 heterocycles. The molecule has 0 aliphatic heterocycles. The summed E-state index contributed by atoms with van der Waals surface area (Å²) < 4.78 is 5.70. The van der Waals surface area contributed by atoms with E-state index in [-0.39, 0.29) is 5.43 Å². The zero-order valence-corrected chi connectivity index (χ0v) is 21.7. The molecule has 2 N–H and O–H groups in total. The van der Waals surface area contributed by atoms with Crippen molar-refractivity contribution in [3.05, 3.63) is 69.0 Å². The second-order valence-corrected chi connectivity index (χ2v) is 10.4. The lowest BCUT2D eigenvalue weighted by atomic mass is 9.86. The van der Waals surface area contributed by atoms with Crippen LogP contribution in [0.15, 0.2) is 51.9 Å². The maximum atomic E-state index is 12.9. The van der Waals surface area contributed by atoms with Crippen LogP contribution in [0, 0.1) is 12.8 Å². The van der Waals surface area contributed by atoms with Crippen LogP contribution in [0.5, 0.6) is 0 Å². The second-order valence-electron chi connectivity index (χ2n) is 9.96. The van der Waals surface area contributed by atoms with Gasteiger partial charge in [0.1, 0.15) is 11.4 Å². The third-order valence-electron chi connectivity index (χ3n) is 7.06. The van der Waals surface area contributed by atoms with Gasteiger partial charge in [0, 0.05) is 42.7 Å². The van der Waals surface area contributed by atoms with E-state index in [4.69, 9.17) is 26.0 Å². The molecule has 8 heteroatoms. The Balaban J connectivity index is 1.15. The monoisotopic (exact) mass is 505 g/mol. The van der Waals surface area contributed by atoms with Gasteiger partial charge in [-0.05, 0) is 74.9 Å². The SMILES string of the molecule is Cc1cc2occ(CNCC3CCC(Nc4nc(N(C)C)c5ccccc5n4)CC3)c(=O)c2cc1Cl. The summed E-state index contributed by atoms with van der Waals surface area (Å²) in [5, 5.41) is 9.20. The Kier molecular flexibility index (Phi) is 7.12. The van der Waals surface area contributed by atoms with E-state index < -0.39 is 0 Å². The van der Waals surface area contributed by atoms with Crippen molar-refractivity contribution in [2.24, 2.45) is 5.92 Å². The van der Waals surface area contributed by atoms with Crippen molar-refractivity contribution in [1.29, 1.82) is 0 Å². The Morgan fingerprint density at radius 2 is 1.86 bits per heavy atom. The Hall–Kier alpha value is -3.16. The Morgan fingerprint density at radius 1 is 1.08 bits per heavy atom. The average Bonchev–Trinajstić information content (AvgIpc) is 2.87. The largest absolute Gasteiger partial charge is 0.464 e. The highest BCUT2D eigenvalue weighted by molar-refractivity contribution is 6.32. The van der Waals surface area contributed by atoms with Gasteiger partial charge in [0.2, 0.25) is 5.95 Å². The lowest BCUT2D eigenvalue weighted by Gasteiger charge is -2.29. The molecule has 7 nitrogen and oxygen atoms in total. The molecule has 5 rings (SSSR count). The fourth-order valence-electron chi connectivity index (χ4n) is 4.98. The number of hydrogen-bond donors (Lipinski definition) is 2. The van der Waals surface area contributed by atoms with Gasteiger partial charge < -0.3 is 20.0 Å². The summed E-state index contributed by atoms with van der Waals surface area (Å²) in [5.41, 5.74) is 3.03. The van der Waals surface area contributed by atoms with Gasteiger partial charge in [-0.25, -0.2) is 4.98 Å². The standard InChI is InChI=1S/C28H32ClN5O2/c1-17-12-25-22(13-23(17)29)26(35)19(16-36-25)15-30-14-18-8-10-20(11-9-18)31-28-32-24-7-5-4-6-21(24)27(33-28)34(2)3/h4-7,12-13,16,18,20,30H,8-11,14-15H2,1-3H3,(H,31,32,33). The summed E-state index contributed by atoms with van der Waals surface area (Å²) in [6.45, 7) is 3.26. The summed E-state index contributed by atoms with van der Waals surface area (Å²) in [6.07, 6.45) is 5.92. The maximum absolute atomic E-state index is 12.9. The average molecular weight is 506 g/mol. The highest BCUT2D eigenvalue weighted by Crippen LogP contribution is 2.28. The third-order valence-corrected chi connectivity index (χ3v) is 7.47. The highest BCUT2D eigenvalue weighted by atomic mass is 35.5. The fourth-order valence-corrected chi connectivity index (χ4v) is 5.15. The van der Waals surface area contributed by atoms with Gasteiger partial charge in [0.25, 0.3) is 0 Å². The molecule has 2 aromatic carbocycles. The lowest BCUT2D eigenvalue weighted by Crippen LogP contribution is -2.32. The number of hydrogen-bond acceptors (Lipinski definition) is 7. The van der Waals surface area contributed by atoms with E-state index in [1.165, 1.54) is 0 Å². The number of rotatable bonds is 7. The zero-order chi connectivity index (χ0) is 25.2. The van der Waals surface area contributed by atoms with Crippen molar-refractivity contribution >= 4 is 45.2 Å². The normalized spacial score (nSPS) is 18.0. The number of fused-ring (bicyclic) bond motifs is 2. The van der Waals surface area contributed by atoms with Gasteiger partial charge >= 0.3 is 0 Å². The van der Waals surface area contributed by atoms with E-state index >= 15 is 0 Å². The van der Waals surface area contributed by atoms with Crippen LogP contribution in [0.1, 0.15) is 36.8 Å². The number of nitrogens with zero attached hydrogens (tertiary/aromatic N) is 3. The first kappa shape index (κ1) is 24.5. The first-order valence-electron chi connectivity index (χ1n) is 12.5. The number of aromatic nitrogens is 2. The quantitative estimate of drug-likeness (QED) is 0.342. The summed E-state index contributed by atoms with van der Waals surface area (Å²) >= 11 is 6.22. The van der Waals surface area contributed by atoms with Gasteiger partial charge in [0.15, 0.2) is 5.43 Å². The van der Waals surface area contributed by atoms with Crippen molar-refractivity contribution in [1.82, 2.24) is 15.3 Å². The highest BCUT2D eigenvalue weighted by Gasteiger charge is 2.22. The fraction of sp³-hybridized carbons (Fsp3) is 0.393. The molecular weight excluding hydrogens is 474 g/mol. The zero-order valence-electron chi connectivity index (χ0n) is 21.0. The lowest BCUT2D eigenvalue weighted by molar-refractivity contribution is 0.323. The van der Waals surface area contributed by atoms with Crippen molar-refractivity contribution in [2.75, 3.05) is 30.9 Å². The van der Waals surface area contributed by atoms with Crippen molar-refractivity contribution in [2.45, 2.75) is 45.2 Å². The number of para-hydroxylation sites is 1. The number of aryl methyl sites for hydroxylation is 1. The van der Waals surface area contributed by atoms with Crippen LogP contribution < -0.4 is 21.0 Å². The molecule has 1 fully saturated rings. The molecule has 0 unspecified atom stereocenters. The molecular formula is C28H32ClN5O2. The van der Waals surface area contributed by atoms with Crippen LogP contribution in [-0.4, -0.2) is 36.6 Å². The predicted molar refractivity (Wildman–Crippen MR) is 147 cm³/mol. The van der Waals surface area contributed by atoms with E-state index in [2.05, 4.69) is 16.7 Å².